The van der Waals surface area contributed by atoms with Gasteiger partial charge >= 0.3 is 0 Å². The summed E-state index contributed by atoms with van der Waals surface area (Å²) in [7, 11) is 0. The SMILES string of the molecule is CC(C)Oc1ccc(CN2CCc3nc(-c4cccnc4)[nH]c(=O)c3CC2)cc1. The lowest BCUT2D eigenvalue weighted by atomic mass is 10.1. The Balaban J connectivity index is 1.47. The van der Waals surface area contributed by atoms with E-state index in [1.807, 2.05) is 38.1 Å². The van der Waals surface area contributed by atoms with Crippen LogP contribution in [0.25, 0.3) is 11.4 Å². The molecule has 0 saturated heterocycles. The fourth-order valence-corrected chi connectivity index (χ4v) is 3.66. The highest BCUT2D eigenvalue weighted by molar-refractivity contribution is 5.53. The Hall–Kier alpha value is -2.99. The average molecular weight is 390 g/mol. The summed E-state index contributed by atoms with van der Waals surface area (Å²) in [4.78, 5) is 26.8. The molecule has 6 nitrogen and oxygen atoms in total. The highest BCUT2D eigenvalue weighted by atomic mass is 16.5. The summed E-state index contributed by atoms with van der Waals surface area (Å²) in [5.74, 6) is 1.49. The lowest BCUT2D eigenvalue weighted by molar-refractivity contribution is 0.242. The fourth-order valence-electron chi connectivity index (χ4n) is 3.66. The normalized spacial score (nSPS) is 14.4. The van der Waals surface area contributed by atoms with Gasteiger partial charge < -0.3 is 9.72 Å². The molecule has 3 aromatic rings. The minimum atomic E-state index is -0.0362. The van der Waals surface area contributed by atoms with E-state index in [-0.39, 0.29) is 11.7 Å². The zero-order chi connectivity index (χ0) is 20.2. The van der Waals surface area contributed by atoms with E-state index in [4.69, 9.17) is 9.72 Å². The number of nitrogens with one attached hydrogen (secondary N) is 1. The van der Waals surface area contributed by atoms with Crippen molar-refractivity contribution in [3.05, 3.63) is 76.0 Å². The number of rotatable bonds is 5. The van der Waals surface area contributed by atoms with Crippen LogP contribution in [0.5, 0.6) is 5.75 Å². The molecule has 150 valence electrons. The minimum Gasteiger partial charge on any atom is -0.491 e. The number of aromatic amines is 1. The predicted octanol–water partition coefficient (Wildman–Crippen LogP) is 3.22. The molecule has 0 saturated carbocycles. The molecule has 1 aromatic carbocycles. The standard InChI is InChI=1S/C23H26N4O2/c1-16(2)29-19-7-5-17(6-8-19)15-27-12-9-20-21(10-13-27)25-22(26-23(20)28)18-4-3-11-24-14-18/h3-8,11,14,16H,9-10,12-13,15H2,1-2H3,(H,25,26,28). The van der Waals surface area contributed by atoms with Crippen molar-refractivity contribution in [2.45, 2.75) is 39.3 Å². The van der Waals surface area contributed by atoms with E-state index in [9.17, 15) is 4.79 Å². The van der Waals surface area contributed by atoms with Crippen molar-refractivity contribution in [3.8, 4) is 17.1 Å². The Morgan fingerprint density at radius 2 is 1.93 bits per heavy atom. The number of H-pyrrole nitrogens is 1. The fraction of sp³-hybridized carbons (Fsp3) is 0.348. The van der Waals surface area contributed by atoms with Crippen molar-refractivity contribution >= 4 is 0 Å². The highest BCUT2D eigenvalue weighted by Crippen LogP contribution is 2.19. The molecular formula is C23H26N4O2. The van der Waals surface area contributed by atoms with Gasteiger partial charge in [0.05, 0.1) is 11.8 Å². The van der Waals surface area contributed by atoms with Crippen LogP contribution in [0.2, 0.25) is 0 Å². The van der Waals surface area contributed by atoms with Gasteiger partial charge in [-0.2, -0.15) is 0 Å². The van der Waals surface area contributed by atoms with E-state index < -0.39 is 0 Å². The summed E-state index contributed by atoms with van der Waals surface area (Å²) in [6.45, 7) is 6.62. The number of ether oxygens (including phenoxy) is 1. The van der Waals surface area contributed by atoms with Gasteiger partial charge in [-0.05, 0) is 50.1 Å². The summed E-state index contributed by atoms with van der Waals surface area (Å²) in [6.07, 6.45) is 5.08. The molecule has 29 heavy (non-hydrogen) atoms. The van der Waals surface area contributed by atoms with Crippen molar-refractivity contribution in [1.82, 2.24) is 19.9 Å². The van der Waals surface area contributed by atoms with Crippen LogP contribution in [-0.2, 0) is 19.4 Å². The maximum atomic E-state index is 12.7. The molecule has 0 spiro atoms. The number of aromatic nitrogens is 3. The van der Waals surface area contributed by atoms with Gasteiger partial charge in [0.15, 0.2) is 0 Å². The van der Waals surface area contributed by atoms with E-state index in [1.54, 1.807) is 12.4 Å². The lowest BCUT2D eigenvalue weighted by Gasteiger charge is -2.20. The topological polar surface area (TPSA) is 71.1 Å². The van der Waals surface area contributed by atoms with Gasteiger partial charge in [-0.3, -0.25) is 14.7 Å². The number of benzene rings is 1. The molecule has 3 heterocycles. The third-order valence-corrected chi connectivity index (χ3v) is 5.08. The maximum absolute atomic E-state index is 12.7. The highest BCUT2D eigenvalue weighted by Gasteiger charge is 2.19. The molecule has 1 aliphatic heterocycles. The molecule has 1 N–H and O–H groups in total. The second-order valence-electron chi connectivity index (χ2n) is 7.67. The molecule has 0 bridgehead atoms. The van der Waals surface area contributed by atoms with Crippen LogP contribution in [-0.4, -0.2) is 39.0 Å². The van der Waals surface area contributed by atoms with Crippen LogP contribution < -0.4 is 10.3 Å². The summed E-state index contributed by atoms with van der Waals surface area (Å²) in [5, 5.41) is 0. The Kier molecular flexibility index (Phi) is 5.71. The van der Waals surface area contributed by atoms with Gasteiger partial charge in [0.1, 0.15) is 11.6 Å². The first-order valence-electron chi connectivity index (χ1n) is 10.1. The molecule has 6 heteroatoms. The molecule has 0 radical (unpaired) electrons. The summed E-state index contributed by atoms with van der Waals surface area (Å²) >= 11 is 0. The first-order valence-corrected chi connectivity index (χ1v) is 10.1. The Morgan fingerprint density at radius 1 is 1.14 bits per heavy atom. The molecule has 0 amide bonds. The van der Waals surface area contributed by atoms with Crippen LogP contribution in [0.1, 0.15) is 30.7 Å². The van der Waals surface area contributed by atoms with Crippen molar-refractivity contribution in [2.75, 3.05) is 13.1 Å². The number of hydrogen-bond acceptors (Lipinski definition) is 5. The molecule has 0 atom stereocenters. The Bertz CT molecular complexity index is 1010. The Labute approximate surface area is 170 Å². The number of hydrogen-bond donors (Lipinski definition) is 1. The molecular weight excluding hydrogens is 364 g/mol. The number of fused-ring (bicyclic) bond motifs is 1. The monoisotopic (exact) mass is 390 g/mol. The van der Waals surface area contributed by atoms with Crippen LogP contribution in [0.4, 0.5) is 0 Å². The van der Waals surface area contributed by atoms with Gasteiger partial charge in [-0.25, -0.2) is 4.98 Å². The summed E-state index contributed by atoms with van der Waals surface area (Å²) in [5.41, 5.74) is 3.74. The van der Waals surface area contributed by atoms with E-state index in [0.29, 0.717) is 12.2 Å². The molecule has 0 unspecified atom stereocenters. The quantitative estimate of drug-likeness (QED) is 0.724. The third kappa shape index (κ3) is 4.71. The molecule has 0 fully saturated rings. The van der Waals surface area contributed by atoms with Crippen molar-refractivity contribution in [1.29, 1.82) is 0 Å². The molecule has 1 aliphatic rings. The zero-order valence-electron chi connectivity index (χ0n) is 16.9. The molecule has 0 aliphatic carbocycles. The second kappa shape index (κ2) is 8.57. The second-order valence-corrected chi connectivity index (χ2v) is 7.67. The van der Waals surface area contributed by atoms with Gasteiger partial charge in [-0.15, -0.1) is 0 Å². The van der Waals surface area contributed by atoms with Gasteiger partial charge in [0, 0.05) is 49.6 Å². The van der Waals surface area contributed by atoms with Gasteiger partial charge in [0.2, 0.25) is 0 Å². The average Bonchev–Trinajstić information content (AvgIpc) is 2.92. The predicted molar refractivity (Wildman–Crippen MR) is 113 cm³/mol. The first-order chi connectivity index (χ1) is 14.1. The lowest BCUT2D eigenvalue weighted by Crippen LogP contribution is -2.26. The first kappa shape index (κ1) is 19.3. The van der Waals surface area contributed by atoms with E-state index >= 15 is 0 Å². The molecule has 4 rings (SSSR count). The van der Waals surface area contributed by atoms with Crippen LogP contribution >= 0.6 is 0 Å². The number of nitrogens with zero attached hydrogens (tertiary/aromatic N) is 3. The van der Waals surface area contributed by atoms with Crippen LogP contribution in [0.3, 0.4) is 0 Å². The van der Waals surface area contributed by atoms with E-state index in [0.717, 1.165) is 48.6 Å². The minimum absolute atomic E-state index is 0.0362. The number of pyridine rings is 1. The Morgan fingerprint density at radius 3 is 2.66 bits per heavy atom. The summed E-state index contributed by atoms with van der Waals surface area (Å²) in [6, 6.07) is 12.0. The zero-order valence-corrected chi connectivity index (χ0v) is 16.9. The summed E-state index contributed by atoms with van der Waals surface area (Å²) < 4.78 is 5.72. The smallest absolute Gasteiger partial charge is 0.254 e. The van der Waals surface area contributed by atoms with Crippen molar-refractivity contribution in [3.63, 3.8) is 0 Å². The largest absolute Gasteiger partial charge is 0.491 e. The maximum Gasteiger partial charge on any atom is 0.254 e. The van der Waals surface area contributed by atoms with E-state index in [1.165, 1.54) is 5.56 Å². The van der Waals surface area contributed by atoms with Crippen molar-refractivity contribution in [2.24, 2.45) is 0 Å². The third-order valence-electron chi connectivity index (χ3n) is 5.08. The van der Waals surface area contributed by atoms with Crippen LogP contribution in [0.15, 0.2) is 53.6 Å². The van der Waals surface area contributed by atoms with Crippen LogP contribution in [0, 0.1) is 0 Å². The van der Waals surface area contributed by atoms with Gasteiger partial charge in [0.25, 0.3) is 5.56 Å². The van der Waals surface area contributed by atoms with E-state index in [2.05, 4.69) is 27.0 Å². The van der Waals surface area contributed by atoms with Crippen molar-refractivity contribution < 1.29 is 4.74 Å². The van der Waals surface area contributed by atoms with Gasteiger partial charge in [-0.1, -0.05) is 12.1 Å². The molecule has 2 aromatic heterocycles.